The first-order valence-electron chi connectivity index (χ1n) is 9.50. The van der Waals surface area contributed by atoms with Crippen LogP contribution in [0.3, 0.4) is 0 Å². The summed E-state index contributed by atoms with van der Waals surface area (Å²) >= 11 is 3.49. The first-order valence-corrected chi connectivity index (χ1v) is 12.4. The van der Waals surface area contributed by atoms with Crippen LogP contribution in [-0.2, 0) is 24.0 Å². The van der Waals surface area contributed by atoms with E-state index in [1.165, 1.54) is 24.3 Å². The summed E-state index contributed by atoms with van der Waals surface area (Å²) < 4.78 is 0. The van der Waals surface area contributed by atoms with Crippen molar-refractivity contribution in [2.75, 3.05) is 29.8 Å². The molecular formula is C16H16N10O6S3. The van der Waals surface area contributed by atoms with Crippen molar-refractivity contribution >= 4 is 69.9 Å². The van der Waals surface area contributed by atoms with Crippen LogP contribution in [0.4, 0.5) is 5.13 Å². The number of carboxylic acid groups (broad SMARTS) is 1. The Morgan fingerprint density at radius 3 is 2.94 bits per heavy atom. The largest absolute Gasteiger partial charge is 0.477 e. The zero-order valence-electron chi connectivity index (χ0n) is 17.6. The van der Waals surface area contributed by atoms with E-state index in [1.807, 2.05) is 0 Å². The highest BCUT2D eigenvalue weighted by molar-refractivity contribution is 8.01. The number of hydrogen-bond acceptors (Lipinski definition) is 14. The smallest absolute Gasteiger partial charge is 0.352 e. The van der Waals surface area contributed by atoms with Crippen LogP contribution >= 0.6 is 34.9 Å². The van der Waals surface area contributed by atoms with Gasteiger partial charge in [0.15, 0.2) is 10.8 Å². The number of carbonyl (C=O) groups is 4. The number of oxime groups is 1. The normalized spacial score (nSPS) is 19.6. The monoisotopic (exact) mass is 540 g/mol. The van der Waals surface area contributed by atoms with Gasteiger partial charge in [0.25, 0.3) is 11.8 Å². The number of nitrogens with zero attached hydrogens (tertiary/aromatic N) is 7. The molecule has 35 heavy (non-hydrogen) atoms. The lowest BCUT2D eigenvalue weighted by molar-refractivity contribution is -0.150. The Morgan fingerprint density at radius 2 is 2.29 bits per heavy atom. The fourth-order valence-electron chi connectivity index (χ4n) is 3.25. The van der Waals surface area contributed by atoms with Crippen LogP contribution in [0.1, 0.15) is 5.69 Å². The molecule has 2 aromatic rings. The Bertz CT molecular complexity index is 1240. The minimum atomic E-state index is -1.28. The van der Waals surface area contributed by atoms with Gasteiger partial charge in [-0.25, -0.2) is 15.2 Å². The molecule has 19 heteroatoms. The third kappa shape index (κ3) is 4.77. The highest BCUT2D eigenvalue weighted by Crippen LogP contribution is 2.41. The molecule has 16 nitrogen and oxygen atoms in total. The number of nitrogen functional groups attached to an aromatic ring is 1. The van der Waals surface area contributed by atoms with Gasteiger partial charge in [0.1, 0.15) is 29.9 Å². The number of β-lactam (4-membered cyclic amide) rings is 1. The Hall–Kier alpha value is -3.71. The molecule has 2 atom stereocenters. The number of anilines is 1. The first-order chi connectivity index (χ1) is 16.8. The number of hydrogen-bond donors (Lipinski definition) is 4. The van der Waals surface area contributed by atoms with E-state index in [0.717, 1.165) is 32.8 Å². The molecule has 2 aromatic heterocycles. The van der Waals surface area contributed by atoms with E-state index in [1.54, 1.807) is 0 Å². The van der Waals surface area contributed by atoms with Crippen molar-refractivity contribution in [2.45, 2.75) is 16.6 Å². The van der Waals surface area contributed by atoms with Crippen LogP contribution in [0.2, 0.25) is 0 Å². The molecule has 1 fully saturated rings. The molecule has 2 aliphatic heterocycles. The van der Waals surface area contributed by atoms with Gasteiger partial charge in [-0.15, -0.1) is 27.9 Å². The fraction of sp³-hybridized carbons (Fsp3) is 0.312. The summed E-state index contributed by atoms with van der Waals surface area (Å²) in [6.07, 6.45) is 0.392. The summed E-state index contributed by atoms with van der Waals surface area (Å²) in [7, 11) is 1.26. The van der Waals surface area contributed by atoms with Crippen LogP contribution in [0.25, 0.3) is 0 Å². The van der Waals surface area contributed by atoms with Gasteiger partial charge in [0, 0.05) is 16.9 Å². The molecular weight excluding hydrogens is 524 g/mol. The lowest BCUT2D eigenvalue weighted by Gasteiger charge is -2.49. The van der Waals surface area contributed by atoms with E-state index in [9.17, 15) is 24.3 Å². The van der Waals surface area contributed by atoms with Crippen LogP contribution in [0.15, 0.2) is 27.0 Å². The standard InChI is InChI=1S/C16H16N10O6S3/c1-32-22-8(7-4-34-15(17)19-7)11(28)20-9-12(29)25-10(14(30)31)6(2-33-13(9)25)3-35-16-21-23-24-26(16)18-5-27/h4-5,9,13H,2-3H2,1H3,(H2,17,19)(H,18,27)(H,20,28)(H,30,31)/b22-8-/t9-,13-/m1/s1. The summed E-state index contributed by atoms with van der Waals surface area (Å²) in [5, 5.41) is 28.2. The number of nitrogens with two attached hydrogens (primary N) is 1. The predicted molar refractivity (Wildman–Crippen MR) is 124 cm³/mol. The second-order valence-electron chi connectivity index (χ2n) is 6.72. The van der Waals surface area contributed by atoms with Crippen molar-refractivity contribution in [2.24, 2.45) is 5.16 Å². The molecule has 1 saturated heterocycles. The van der Waals surface area contributed by atoms with Gasteiger partial charge in [-0.3, -0.25) is 19.3 Å². The van der Waals surface area contributed by atoms with Gasteiger partial charge < -0.3 is 21.0 Å². The molecule has 3 amide bonds. The number of carboxylic acids is 1. The topological polar surface area (TPSA) is 220 Å². The maximum atomic E-state index is 12.9. The van der Waals surface area contributed by atoms with E-state index in [0.29, 0.717) is 12.0 Å². The van der Waals surface area contributed by atoms with Crippen molar-refractivity contribution in [3.05, 3.63) is 22.3 Å². The van der Waals surface area contributed by atoms with E-state index < -0.39 is 29.2 Å². The van der Waals surface area contributed by atoms with E-state index in [4.69, 9.17) is 10.6 Å². The number of fused-ring (bicyclic) bond motifs is 1. The summed E-state index contributed by atoms with van der Waals surface area (Å²) in [5.41, 5.74) is 8.20. The van der Waals surface area contributed by atoms with Gasteiger partial charge in [0.05, 0.1) is 0 Å². The van der Waals surface area contributed by atoms with Gasteiger partial charge in [-0.05, 0) is 16.0 Å². The Labute approximate surface area is 208 Å². The number of aromatic nitrogens is 5. The van der Waals surface area contributed by atoms with Crippen LogP contribution in [0, 0.1) is 0 Å². The number of tetrazole rings is 1. The SMILES string of the molecule is CO/N=C(\C(=O)N[C@@H]1C(=O)N2C(C(=O)O)=C(CSc3nnnn3NC=O)CS[C@H]12)c1csc(N)n1. The van der Waals surface area contributed by atoms with Crippen molar-refractivity contribution in [1.82, 2.24) is 35.5 Å². The molecule has 0 aromatic carbocycles. The Balaban J connectivity index is 1.48. The second-order valence-corrected chi connectivity index (χ2v) is 9.66. The molecule has 0 bridgehead atoms. The highest BCUT2D eigenvalue weighted by Gasteiger charge is 2.54. The Kier molecular flexibility index (Phi) is 7.17. The van der Waals surface area contributed by atoms with Gasteiger partial charge in [0.2, 0.25) is 11.6 Å². The minimum absolute atomic E-state index is 0.152. The third-order valence-electron chi connectivity index (χ3n) is 4.69. The quantitative estimate of drug-likeness (QED) is 0.0868. The number of rotatable bonds is 10. The number of thioether (sulfide) groups is 2. The maximum absolute atomic E-state index is 12.9. The molecule has 2 aliphatic rings. The summed E-state index contributed by atoms with van der Waals surface area (Å²) in [6, 6.07) is -0.974. The molecule has 4 rings (SSSR count). The van der Waals surface area contributed by atoms with Gasteiger partial charge in [-0.2, -0.15) is 0 Å². The number of aliphatic carboxylic acids is 1. The maximum Gasteiger partial charge on any atom is 0.352 e. The second kappa shape index (κ2) is 10.3. The predicted octanol–water partition coefficient (Wildman–Crippen LogP) is -1.71. The number of amides is 3. The molecule has 0 unspecified atom stereocenters. The molecule has 4 heterocycles. The summed E-state index contributed by atoms with van der Waals surface area (Å²) in [6.45, 7) is 0. The van der Waals surface area contributed by atoms with Crippen molar-refractivity contribution in [3.8, 4) is 0 Å². The number of carbonyl (C=O) groups excluding carboxylic acids is 3. The lowest BCUT2D eigenvalue weighted by Crippen LogP contribution is -2.71. The molecule has 0 spiro atoms. The average molecular weight is 541 g/mol. The number of thiazole rings is 1. The molecule has 5 N–H and O–H groups in total. The summed E-state index contributed by atoms with van der Waals surface area (Å²) in [5.74, 6) is -2.15. The molecule has 184 valence electrons. The van der Waals surface area contributed by atoms with Crippen molar-refractivity contribution in [3.63, 3.8) is 0 Å². The van der Waals surface area contributed by atoms with Gasteiger partial charge >= 0.3 is 5.97 Å². The first kappa shape index (κ1) is 24.4. The summed E-state index contributed by atoms with van der Waals surface area (Å²) in [4.78, 5) is 59.3. The zero-order chi connectivity index (χ0) is 25.1. The van der Waals surface area contributed by atoms with Crippen LogP contribution < -0.4 is 16.5 Å². The molecule has 0 saturated carbocycles. The van der Waals surface area contributed by atoms with E-state index >= 15 is 0 Å². The van der Waals surface area contributed by atoms with Crippen LogP contribution in [0.5, 0.6) is 0 Å². The molecule has 0 aliphatic carbocycles. The van der Waals surface area contributed by atoms with Crippen LogP contribution in [-0.4, -0.2) is 95.2 Å². The van der Waals surface area contributed by atoms with Crippen molar-refractivity contribution < 1.29 is 29.1 Å². The van der Waals surface area contributed by atoms with E-state index in [-0.39, 0.29) is 38.9 Å². The number of nitrogens with one attached hydrogen (secondary N) is 2. The third-order valence-corrected chi connectivity index (χ3v) is 7.71. The lowest BCUT2D eigenvalue weighted by atomic mass is 10.0. The molecule has 0 radical (unpaired) electrons. The highest BCUT2D eigenvalue weighted by atomic mass is 32.2. The van der Waals surface area contributed by atoms with Crippen molar-refractivity contribution in [1.29, 1.82) is 0 Å². The average Bonchev–Trinajstić information content (AvgIpc) is 3.47. The zero-order valence-corrected chi connectivity index (χ0v) is 20.1. The van der Waals surface area contributed by atoms with E-state index in [2.05, 4.69) is 36.4 Å². The fourth-order valence-corrected chi connectivity index (χ4v) is 6.12. The Morgan fingerprint density at radius 1 is 1.49 bits per heavy atom. The van der Waals surface area contributed by atoms with Gasteiger partial charge in [-0.1, -0.05) is 22.0 Å². The minimum Gasteiger partial charge on any atom is -0.477 e.